The van der Waals surface area contributed by atoms with Crippen LogP contribution in [-0.4, -0.2) is 61.6 Å². The molecule has 3 aliphatic heterocycles. The summed E-state index contributed by atoms with van der Waals surface area (Å²) < 4.78 is 11.8. The van der Waals surface area contributed by atoms with Crippen LogP contribution in [0.15, 0.2) is 59.3 Å². The van der Waals surface area contributed by atoms with Crippen LogP contribution in [0.3, 0.4) is 0 Å². The molecule has 7 nitrogen and oxygen atoms in total. The number of hydrogen-bond acceptors (Lipinski definition) is 8. The molecule has 3 fully saturated rings. The van der Waals surface area contributed by atoms with Gasteiger partial charge in [-0.1, -0.05) is 24.3 Å². The summed E-state index contributed by atoms with van der Waals surface area (Å²) in [5, 5.41) is 6.96. The normalized spacial score (nSPS) is 23.6. The molecule has 36 heavy (non-hydrogen) atoms. The summed E-state index contributed by atoms with van der Waals surface area (Å²) in [5.74, 6) is -0.471. The molecule has 2 atom stereocenters. The number of piperidine rings is 3. The molecule has 3 saturated heterocycles. The largest absolute Gasteiger partial charge is 0.465 e. The molecule has 3 aromatic rings. The maximum Gasteiger partial charge on any atom is 0.348 e. The van der Waals surface area contributed by atoms with Crippen LogP contribution in [0.5, 0.6) is 0 Å². The van der Waals surface area contributed by atoms with E-state index < -0.39 is 18.0 Å². The number of nitrogens with zero attached hydrogens (tertiary/aromatic N) is 1. The monoisotopic (exact) mass is 525 g/mol. The van der Waals surface area contributed by atoms with E-state index in [9.17, 15) is 14.4 Å². The molecule has 188 valence electrons. The van der Waals surface area contributed by atoms with Crippen molar-refractivity contribution in [2.24, 2.45) is 5.92 Å². The van der Waals surface area contributed by atoms with Crippen molar-refractivity contribution in [3.05, 3.63) is 74.6 Å². The van der Waals surface area contributed by atoms with Crippen LogP contribution in [0.25, 0.3) is 0 Å². The number of benzene rings is 1. The molecular formula is C27H29N2O5S2+. The van der Waals surface area contributed by atoms with E-state index in [0.717, 1.165) is 36.5 Å². The Kier molecular flexibility index (Phi) is 7.22. The number of para-hydroxylation sites is 1. The molecule has 1 aromatic carbocycles. The van der Waals surface area contributed by atoms with E-state index in [2.05, 4.69) is 5.32 Å². The third-order valence-electron chi connectivity index (χ3n) is 7.28. The fourth-order valence-corrected chi connectivity index (χ4v) is 6.89. The zero-order valence-corrected chi connectivity index (χ0v) is 21.7. The number of methoxy groups -OCH3 is 1. The van der Waals surface area contributed by atoms with E-state index in [1.54, 1.807) is 11.4 Å². The first-order chi connectivity index (χ1) is 17.5. The van der Waals surface area contributed by atoms with Gasteiger partial charge in [-0.25, -0.2) is 9.59 Å². The number of ether oxygens (including phenoxy) is 2. The van der Waals surface area contributed by atoms with Gasteiger partial charge in [0, 0.05) is 30.0 Å². The van der Waals surface area contributed by atoms with Crippen molar-refractivity contribution < 1.29 is 28.3 Å². The number of carbonyl (C=O) groups excluding carboxylic acids is 3. The van der Waals surface area contributed by atoms with Crippen LogP contribution in [0.1, 0.15) is 43.8 Å². The van der Waals surface area contributed by atoms with Gasteiger partial charge in [0.15, 0.2) is 12.1 Å². The molecule has 0 saturated carbocycles. The van der Waals surface area contributed by atoms with E-state index in [1.807, 2.05) is 47.8 Å². The fourth-order valence-electron chi connectivity index (χ4n) is 5.38. The summed E-state index contributed by atoms with van der Waals surface area (Å²) >= 11 is 2.71. The first kappa shape index (κ1) is 24.7. The molecule has 2 bridgehead atoms. The minimum Gasteiger partial charge on any atom is -0.465 e. The molecule has 0 amide bonds. The van der Waals surface area contributed by atoms with Gasteiger partial charge in [-0.05, 0) is 35.0 Å². The van der Waals surface area contributed by atoms with Crippen LogP contribution in [-0.2, 0) is 14.3 Å². The van der Waals surface area contributed by atoms with Gasteiger partial charge in [0.05, 0.1) is 25.1 Å². The molecular weight excluding hydrogens is 496 g/mol. The van der Waals surface area contributed by atoms with Crippen molar-refractivity contribution in [1.82, 2.24) is 0 Å². The average Bonchev–Trinajstić information content (AvgIpc) is 3.61. The predicted molar refractivity (Wildman–Crippen MR) is 139 cm³/mol. The molecule has 0 aliphatic carbocycles. The van der Waals surface area contributed by atoms with Crippen LogP contribution >= 0.6 is 22.7 Å². The highest BCUT2D eigenvalue weighted by atomic mass is 32.1. The van der Waals surface area contributed by atoms with Gasteiger partial charge in [-0.2, -0.15) is 0 Å². The van der Waals surface area contributed by atoms with Crippen LogP contribution in [0.4, 0.5) is 5.69 Å². The molecule has 0 radical (unpaired) electrons. The summed E-state index contributed by atoms with van der Waals surface area (Å²) in [4.78, 5) is 40.1. The fraction of sp³-hybridized carbons (Fsp3) is 0.370. The number of carbonyl (C=O) groups is 3. The lowest BCUT2D eigenvalue weighted by Gasteiger charge is -2.51. The number of thiophene rings is 2. The van der Waals surface area contributed by atoms with Crippen molar-refractivity contribution in [1.29, 1.82) is 0 Å². The number of hydrogen-bond donors (Lipinski definition) is 1. The van der Waals surface area contributed by atoms with E-state index in [-0.39, 0.29) is 17.8 Å². The van der Waals surface area contributed by atoms with Crippen LogP contribution in [0.2, 0.25) is 0 Å². The standard InChI is InChI=1S/C27H29N2O5S2/c1-33-27(32)25-20(11-15-36-25)24(28-19-6-3-2-4-7-19)26(31)34-22-17-29(12-9-18(22)10-13-29)16-21(30)23-8-5-14-35-23/h2-8,11,14-15,18,22,24,28H,9-10,12-13,16-17H2,1H3/q+1/t18?,22-,24+,29?/m0/s1. The van der Waals surface area contributed by atoms with Crippen molar-refractivity contribution in [3.63, 3.8) is 0 Å². The highest BCUT2D eigenvalue weighted by Gasteiger charge is 2.49. The number of esters is 2. The lowest BCUT2D eigenvalue weighted by atomic mass is 9.83. The van der Waals surface area contributed by atoms with Gasteiger partial charge < -0.3 is 19.3 Å². The topological polar surface area (TPSA) is 81.7 Å². The Morgan fingerprint density at radius 3 is 2.50 bits per heavy atom. The molecule has 2 aromatic heterocycles. The van der Waals surface area contributed by atoms with Gasteiger partial charge >= 0.3 is 11.9 Å². The van der Waals surface area contributed by atoms with Gasteiger partial charge in [-0.3, -0.25) is 4.79 Å². The van der Waals surface area contributed by atoms with Crippen LogP contribution in [0, 0.1) is 5.92 Å². The Morgan fingerprint density at radius 2 is 1.81 bits per heavy atom. The second kappa shape index (κ2) is 10.5. The Labute approximate surface area is 218 Å². The van der Waals surface area contributed by atoms with E-state index in [1.165, 1.54) is 29.8 Å². The second-order valence-corrected chi connectivity index (χ2v) is 11.3. The lowest BCUT2D eigenvalue weighted by Crippen LogP contribution is -2.65. The third-order valence-corrected chi connectivity index (χ3v) is 9.10. The van der Waals surface area contributed by atoms with Gasteiger partial charge in [-0.15, -0.1) is 22.7 Å². The molecule has 9 heteroatoms. The smallest absolute Gasteiger partial charge is 0.348 e. The molecule has 1 N–H and O–H groups in total. The maximum atomic E-state index is 13.7. The SMILES string of the molecule is COC(=O)c1sccc1[C@@H](Nc1ccccc1)C(=O)O[C@H]1C[N+]2(CC(=O)c3cccs3)CCC1CC2. The van der Waals surface area contributed by atoms with Gasteiger partial charge in [0.1, 0.15) is 18.0 Å². The maximum absolute atomic E-state index is 13.7. The highest BCUT2D eigenvalue weighted by molar-refractivity contribution is 7.12. The molecule has 5 heterocycles. The summed E-state index contributed by atoms with van der Waals surface area (Å²) in [6, 6.07) is 14.1. The number of nitrogens with one attached hydrogen (secondary N) is 1. The first-order valence-electron chi connectivity index (χ1n) is 12.1. The Bertz CT molecular complexity index is 1220. The molecule has 6 rings (SSSR count). The Hall–Kier alpha value is -3.01. The minimum atomic E-state index is -0.857. The summed E-state index contributed by atoms with van der Waals surface area (Å²) in [7, 11) is 1.33. The number of quaternary nitrogens is 1. The summed E-state index contributed by atoms with van der Waals surface area (Å²) in [6.45, 7) is 2.93. The quantitative estimate of drug-likeness (QED) is 0.246. The Balaban J connectivity index is 1.35. The third kappa shape index (κ3) is 5.09. The summed E-state index contributed by atoms with van der Waals surface area (Å²) in [5.41, 5.74) is 1.29. The zero-order valence-electron chi connectivity index (χ0n) is 20.1. The number of fused-ring (bicyclic) bond motifs is 3. The van der Waals surface area contributed by atoms with Gasteiger partial charge in [0.25, 0.3) is 0 Å². The number of anilines is 1. The number of Topliss-reactive ketones (excluding diaryl/α,β-unsaturated/α-hetero) is 1. The van der Waals surface area contributed by atoms with Crippen LogP contribution < -0.4 is 5.32 Å². The molecule has 0 unspecified atom stereocenters. The highest BCUT2D eigenvalue weighted by Crippen LogP contribution is 2.37. The van der Waals surface area contributed by atoms with E-state index in [0.29, 0.717) is 28.0 Å². The average molecular weight is 526 g/mol. The first-order valence-corrected chi connectivity index (χ1v) is 13.8. The van der Waals surface area contributed by atoms with E-state index >= 15 is 0 Å². The van der Waals surface area contributed by atoms with Crippen molar-refractivity contribution in [3.8, 4) is 0 Å². The zero-order chi connectivity index (χ0) is 25.1. The predicted octanol–water partition coefficient (Wildman–Crippen LogP) is 4.78. The number of ketones is 1. The van der Waals surface area contributed by atoms with E-state index in [4.69, 9.17) is 9.47 Å². The Morgan fingerprint density at radius 1 is 1.03 bits per heavy atom. The van der Waals surface area contributed by atoms with Crippen molar-refractivity contribution >= 4 is 46.1 Å². The van der Waals surface area contributed by atoms with Crippen molar-refractivity contribution in [2.75, 3.05) is 38.6 Å². The second-order valence-electron chi connectivity index (χ2n) is 9.48. The van der Waals surface area contributed by atoms with Gasteiger partial charge in [0.2, 0.25) is 5.78 Å². The lowest BCUT2D eigenvalue weighted by molar-refractivity contribution is -0.938. The summed E-state index contributed by atoms with van der Waals surface area (Å²) in [6.07, 6.45) is 1.59. The number of rotatable bonds is 9. The molecule has 0 spiro atoms. The molecule has 3 aliphatic rings. The van der Waals surface area contributed by atoms with Crippen molar-refractivity contribution in [2.45, 2.75) is 25.0 Å². The minimum absolute atomic E-state index is 0.153.